The number of nitrogens with zero attached hydrogens (tertiary/aromatic N) is 3. The number of hydrogen-bond acceptors (Lipinski definition) is 5. The summed E-state index contributed by atoms with van der Waals surface area (Å²) < 4.78 is 32.6. The van der Waals surface area contributed by atoms with Crippen LogP contribution < -0.4 is 14.9 Å². The molecule has 2 heterocycles. The first kappa shape index (κ1) is 21.9. The fourth-order valence-electron chi connectivity index (χ4n) is 3.70. The highest BCUT2D eigenvalue weighted by atomic mass is 32.2. The highest BCUT2D eigenvalue weighted by Gasteiger charge is 2.28. The molecule has 1 fully saturated rings. The molecule has 162 valence electrons. The smallest absolute Gasteiger partial charge is 0.236 e. The van der Waals surface area contributed by atoms with E-state index in [1.54, 1.807) is 0 Å². The zero-order valence-corrected chi connectivity index (χ0v) is 18.2. The van der Waals surface area contributed by atoms with E-state index in [1.165, 1.54) is 4.31 Å². The van der Waals surface area contributed by atoms with Crippen LogP contribution in [0.25, 0.3) is 0 Å². The van der Waals surface area contributed by atoms with Crippen molar-refractivity contribution in [1.82, 2.24) is 15.5 Å². The van der Waals surface area contributed by atoms with E-state index in [1.807, 2.05) is 31.2 Å². The van der Waals surface area contributed by atoms with Crippen molar-refractivity contribution in [1.29, 1.82) is 0 Å². The third kappa shape index (κ3) is 5.83. The van der Waals surface area contributed by atoms with Gasteiger partial charge >= 0.3 is 0 Å². The molecule has 1 saturated heterocycles. The van der Waals surface area contributed by atoms with Gasteiger partial charge in [0.15, 0.2) is 5.96 Å². The van der Waals surface area contributed by atoms with Crippen molar-refractivity contribution >= 4 is 21.7 Å². The van der Waals surface area contributed by atoms with Gasteiger partial charge in [-0.15, -0.1) is 0 Å². The van der Waals surface area contributed by atoms with Crippen molar-refractivity contribution in [3.8, 4) is 0 Å². The summed E-state index contributed by atoms with van der Waals surface area (Å²) in [6.07, 6.45) is 0.770. The largest absolute Gasteiger partial charge is 0.379 e. The first-order valence-corrected chi connectivity index (χ1v) is 12.0. The number of sulfonamides is 1. The normalized spacial score (nSPS) is 19.1. The van der Waals surface area contributed by atoms with Gasteiger partial charge in [-0.2, -0.15) is 0 Å². The van der Waals surface area contributed by atoms with Gasteiger partial charge in [-0.25, -0.2) is 8.42 Å². The number of guanidine groups is 1. The second-order valence-electron chi connectivity index (χ2n) is 7.41. The number of hydrogen-bond donors (Lipinski definition) is 2. The predicted molar refractivity (Wildman–Crippen MR) is 117 cm³/mol. The second kappa shape index (κ2) is 10.3. The molecule has 8 nitrogen and oxygen atoms in total. The molecule has 29 heavy (non-hydrogen) atoms. The van der Waals surface area contributed by atoms with Gasteiger partial charge in [0.05, 0.1) is 31.2 Å². The lowest BCUT2D eigenvalue weighted by Crippen LogP contribution is -2.45. The molecule has 0 saturated carbocycles. The number of anilines is 1. The van der Waals surface area contributed by atoms with Crippen LogP contribution in [-0.4, -0.2) is 83.6 Å². The first-order chi connectivity index (χ1) is 14.0. The van der Waals surface area contributed by atoms with E-state index in [9.17, 15) is 8.42 Å². The number of nitrogens with one attached hydrogen (secondary N) is 2. The van der Waals surface area contributed by atoms with Gasteiger partial charge in [0.25, 0.3) is 0 Å². The number of fused-ring (bicyclic) bond motifs is 1. The van der Waals surface area contributed by atoms with Crippen LogP contribution in [0, 0.1) is 0 Å². The Morgan fingerprint density at radius 2 is 1.97 bits per heavy atom. The maximum Gasteiger partial charge on any atom is 0.236 e. The molecule has 2 aliphatic heterocycles. The highest BCUT2D eigenvalue weighted by Crippen LogP contribution is 2.29. The number of benzene rings is 1. The van der Waals surface area contributed by atoms with Crippen molar-refractivity contribution < 1.29 is 13.2 Å². The summed E-state index contributed by atoms with van der Waals surface area (Å²) in [4.78, 5) is 7.01. The average molecular weight is 424 g/mol. The van der Waals surface area contributed by atoms with E-state index >= 15 is 0 Å². The predicted octanol–water partition coefficient (Wildman–Crippen LogP) is 0.655. The van der Waals surface area contributed by atoms with Crippen molar-refractivity contribution in [2.24, 2.45) is 4.99 Å². The summed E-state index contributed by atoms with van der Waals surface area (Å²) in [5.74, 6) is 0.690. The van der Waals surface area contributed by atoms with Gasteiger partial charge in [-0.05, 0) is 31.9 Å². The molecule has 0 radical (unpaired) electrons. The van der Waals surface area contributed by atoms with Gasteiger partial charge in [0, 0.05) is 38.8 Å². The monoisotopic (exact) mass is 423 g/mol. The summed E-state index contributed by atoms with van der Waals surface area (Å²) >= 11 is 0. The molecule has 0 aliphatic carbocycles. The minimum Gasteiger partial charge on any atom is -0.379 e. The zero-order chi connectivity index (χ0) is 20.7. The minimum atomic E-state index is -3.37. The molecular formula is C20H33N5O3S. The Kier molecular flexibility index (Phi) is 7.74. The van der Waals surface area contributed by atoms with Gasteiger partial charge in [-0.3, -0.25) is 14.2 Å². The van der Waals surface area contributed by atoms with Crippen molar-refractivity contribution in [3.05, 3.63) is 29.8 Å². The fourth-order valence-corrected chi connectivity index (χ4v) is 5.13. The lowest BCUT2D eigenvalue weighted by atomic mass is 10.2. The van der Waals surface area contributed by atoms with E-state index in [2.05, 4.69) is 27.4 Å². The number of para-hydroxylation sites is 1. The van der Waals surface area contributed by atoms with Gasteiger partial charge in [-0.1, -0.05) is 18.2 Å². The molecule has 3 rings (SSSR count). The summed E-state index contributed by atoms with van der Waals surface area (Å²) in [5.41, 5.74) is 1.91. The average Bonchev–Trinajstić information content (AvgIpc) is 3.17. The maximum atomic E-state index is 12.8. The number of morpholine rings is 1. The fraction of sp³-hybridized carbons (Fsp3) is 0.650. The molecule has 1 atom stereocenters. The number of rotatable bonds is 8. The molecule has 1 aromatic carbocycles. The standard InChI is InChI=1S/C20H33N5O3S/c1-3-21-20(23-16-17(2)24-11-13-28-14-12-24)22-9-15-29(26,27)25-10-8-18-6-4-5-7-19(18)25/h4-7,17H,3,8-16H2,1-2H3,(H2,21,22,23). The molecule has 0 aromatic heterocycles. The van der Waals surface area contributed by atoms with Crippen molar-refractivity contribution in [2.75, 3.05) is 62.5 Å². The lowest BCUT2D eigenvalue weighted by Gasteiger charge is -2.31. The summed E-state index contributed by atoms with van der Waals surface area (Å²) in [5, 5.41) is 6.37. The second-order valence-corrected chi connectivity index (χ2v) is 9.42. The Morgan fingerprint density at radius 1 is 1.21 bits per heavy atom. The van der Waals surface area contributed by atoms with Gasteiger partial charge < -0.3 is 15.4 Å². The van der Waals surface area contributed by atoms with Crippen LogP contribution in [0.5, 0.6) is 0 Å². The summed E-state index contributed by atoms with van der Waals surface area (Å²) in [6.45, 7) is 9.77. The Hall–Kier alpha value is -1.84. The van der Waals surface area contributed by atoms with E-state index in [0.29, 0.717) is 31.6 Å². The summed E-state index contributed by atoms with van der Waals surface area (Å²) in [7, 11) is -3.37. The Labute approximate surface area is 174 Å². The molecule has 1 unspecified atom stereocenters. The van der Waals surface area contributed by atoms with Crippen LogP contribution in [0.2, 0.25) is 0 Å². The molecule has 2 N–H and O–H groups in total. The third-order valence-corrected chi connectivity index (χ3v) is 7.13. The SMILES string of the molecule is CCNC(=NCC(C)N1CCOCC1)NCCS(=O)(=O)N1CCc2ccccc21. The molecule has 0 amide bonds. The van der Waals surface area contributed by atoms with Crippen molar-refractivity contribution in [3.63, 3.8) is 0 Å². The van der Waals surface area contributed by atoms with Gasteiger partial charge in [0.2, 0.25) is 10.0 Å². The Bertz CT molecular complexity index is 793. The zero-order valence-electron chi connectivity index (χ0n) is 17.4. The molecule has 0 bridgehead atoms. The van der Waals surface area contributed by atoms with E-state index in [4.69, 9.17) is 4.74 Å². The molecule has 9 heteroatoms. The maximum absolute atomic E-state index is 12.8. The Balaban J connectivity index is 1.52. The van der Waals surface area contributed by atoms with Crippen LogP contribution in [0.15, 0.2) is 29.3 Å². The molecule has 2 aliphatic rings. The topological polar surface area (TPSA) is 86.3 Å². The van der Waals surface area contributed by atoms with Crippen LogP contribution in [0.4, 0.5) is 5.69 Å². The highest BCUT2D eigenvalue weighted by molar-refractivity contribution is 7.92. The first-order valence-electron chi connectivity index (χ1n) is 10.4. The molecule has 0 spiro atoms. The van der Waals surface area contributed by atoms with E-state index in [-0.39, 0.29) is 5.75 Å². The van der Waals surface area contributed by atoms with E-state index < -0.39 is 10.0 Å². The van der Waals surface area contributed by atoms with Gasteiger partial charge in [0.1, 0.15) is 0 Å². The lowest BCUT2D eigenvalue weighted by molar-refractivity contribution is 0.0220. The molecular weight excluding hydrogens is 390 g/mol. The van der Waals surface area contributed by atoms with E-state index in [0.717, 1.165) is 50.5 Å². The Morgan fingerprint density at radius 3 is 2.72 bits per heavy atom. The number of aliphatic imine (C=N–C) groups is 1. The number of ether oxygens (including phenoxy) is 1. The van der Waals surface area contributed by atoms with Crippen LogP contribution in [-0.2, 0) is 21.2 Å². The third-order valence-electron chi connectivity index (χ3n) is 5.36. The van der Waals surface area contributed by atoms with Crippen molar-refractivity contribution in [2.45, 2.75) is 26.3 Å². The quantitative estimate of drug-likeness (QED) is 0.472. The summed E-state index contributed by atoms with van der Waals surface area (Å²) in [6, 6.07) is 8.03. The molecule has 1 aromatic rings. The van der Waals surface area contributed by atoms with Crippen LogP contribution >= 0.6 is 0 Å². The van der Waals surface area contributed by atoms with Crippen LogP contribution in [0.3, 0.4) is 0 Å². The van der Waals surface area contributed by atoms with Crippen LogP contribution in [0.1, 0.15) is 19.4 Å². The minimum absolute atomic E-state index is 0.0325.